The topological polar surface area (TPSA) is 37.3 Å². The Kier molecular flexibility index (Phi) is 2.54. The minimum atomic E-state index is -0.747. The predicted octanol–water partition coefficient (Wildman–Crippen LogP) is 3.00. The fraction of sp³-hybridized carbons (Fsp3) is 0.364. The highest BCUT2D eigenvalue weighted by molar-refractivity contribution is 9.10. The number of carboxylic acids is 1. The molecule has 1 aromatic carbocycles. The molecule has 0 aromatic heterocycles. The van der Waals surface area contributed by atoms with Crippen molar-refractivity contribution >= 4 is 21.9 Å². The van der Waals surface area contributed by atoms with Gasteiger partial charge in [0.2, 0.25) is 0 Å². The van der Waals surface area contributed by atoms with Crippen LogP contribution in [0.25, 0.3) is 0 Å². The lowest BCUT2D eigenvalue weighted by Crippen LogP contribution is -2.17. The summed E-state index contributed by atoms with van der Waals surface area (Å²) < 4.78 is 13.3. The van der Waals surface area contributed by atoms with Crippen molar-refractivity contribution in [1.29, 1.82) is 0 Å². The predicted molar refractivity (Wildman–Crippen MR) is 57.1 cm³/mol. The Morgan fingerprint density at radius 3 is 2.67 bits per heavy atom. The summed E-state index contributed by atoms with van der Waals surface area (Å²) in [6.07, 6.45) is 1.93. The molecule has 1 N–H and O–H groups in total. The number of carbonyl (C=O) groups is 1. The van der Waals surface area contributed by atoms with E-state index in [1.807, 2.05) is 0 Å². The van der Waals surface area contributed by atoms with Crippen LogP contribution in [0.3, 0.4) is 0 Å². The fourth-order valence-electron chi connectivity index (χ4n) is 1.66. The maximum absolute atomic E-state index is 12.9. The standard InChI is InChI=1S/C11H10BrFO2/c12-8-5-7(1-2-9(8)13)6-11(3-4-11)10(14)15/h1-2,5H,3-4,6H2,(H,14,15). The molecule has 0 radical (unpaired) electrons. The third-order valence-electron chi connectivity index (χ3n) is 2.83. The van der Waals surface area contributed by atoms with E-state index in [1.165, 1.54) is 6.07 Å². The second-order valence-corrected chi connectivity index (χ2v) is 4.87. The molecular formula is C11H10BrFO2. The number of hydrogen-bond acceptors (Lipinski definition) is 1. The number of aliphatic carboxylic acids is 1. The maximum atomic E-state index is 12.9. The number of carboxylic acid groups (broad SMARTS) is 1. The quantitative estimate of drug-likeness (QED) is 0.919. The molecule has 0 atom stereocenters. The largest absolute Gasteiger partial charge is 0.481 e. The summed E-state index contributed by atoms with van der Waals surface area (Å²) in [5, 5.41) is 9.00. The second kappa shape index (κ2) is 3.59. The second-order valence-electron chi connectivity index (χ2n) is 4.01. The van der Waals surface area contributed by atoms with Gasteiger partial charge < -0.3 is 5.11 Å². The minimum absolute atomic E-state index is 0.320. The highest BCUT2D eigenvalue weighted by atomic mass is 79.9. The zero-order valence-corrected chi connectivity index (χ0v) is 9.55. The van der Waals surface area contributed by atoms with E-state index >= 15 is 0 Å². The molecule has 15 heavy (non-hydrogen) atoms. The van der Waals surface area contributed by atoms with E-state index in [9.17, 15) is 9.18 Å². The molecule has 1 aliphatic carbocycles. The molecule has 1 aromatic rings. The molecule has 2 nitrogen and oxygen atoms in total. The van der Waals surface area contributed by atoms with Crippen LogP contribution in [0.1, 0.15) is 18.4 Å². The summed E-state index contributed by atoms with van der Waals surface area (Å²) in [5.41, 5.74) is 0.278. The first-order chi connectivity index (χ1) is 7.03. The van der Waals surface area contributed by atoms with Gasteiger partial charge in [-0.3, -0.25) is 4.79 Å². The van der Waals surface area contributed by atoms with E-state index in [-0.39, 0.29) is 5.82 Å². The van der Waals surface area contributed by atoms with Gasteiger partial charge in [-0.15, -0.1) is 0 Å². The molecule has 80 valence electrons. The van der Waals surface area contributed by atoms with Crippen molar-refractivity contribution < 1.29 is 14.3 Å². The first-order valence-electron chi connectivity index (χ1n) is 4.71. The lowest BCUT2D eigenvalue weighted by atomic mass is 9.97. The first kappa shape index (κ1) is 10.6. The summed E-state index contributed by atoms with van der Waals surface area (Å²) in [4.78, 5) is 11.0. The molecule has 4 heteroatoms. The van der Waals surface area contributed by atoms with E-state index in [2.05, 4.69) is 15.9 Å². The molecule has 0 saturated heterocycles. The van der Waals surface area contributed by atoms with Gasteiger partial charge in [-0.2, -0.15) is 0 Å². The highest BCUT2D eigenvalue weighted by Crippen LogP contribution is 2.48. The number of rotatable bonds is 3. The van der Waals surface area contributed by atoms with Crippen molar-refractivity contribution in [3.8, 4) is 0 Å². The molecule has 0 spiro atoms. The molecular weight excluding hydrogens is 263 g/mol. The Morgan fingerprint density at radius 2 is 2.20 bits per heavy atom. The summed E-state index contributed by atoms with van der Waals surface area (Å²) in [7, 11) is 0. The Morgan fingerprint density at radius 1 is 1.53 bits per heavy atom. The van der Waals surface area contributed by atoms with Crippen LogP contribution in [0.15, 0.2) is 22.7 Å². The van der Waals surface area contributed by atoms with Crippen molar-refractivity contribution in [3.63, 3.8) is 0 Å². The van der Waals surface area contributed by atoms with Gasteiger partial charge in [-0.05, 0) is 52.9 Å². The van der Waals surface area contributed by atoms with E-state index in [4.69, 9.17) is 5.11 Å². The molecule has 2 rings (SSSR count). The zero-order chi connectivity index (χ0) is 11.1. The van der Waals surface area contributed by atoms with Gasteiger partial charge in [-0.25, -0.2) is 4.39 Å². The first-order valence-corrected chi connectivity index (χ1v) is 5.50. The van der Waals surface area contributed by atoms with Crippen molar-refractivity contribution in [2.45, 2.75) is 19.3 Å². The van der Waals surface area contributed by atoms with E-state index in [0.29, 0.717) is 10.9 Å². The molecule has 0 amide bonds. The normalized spacial score (nSPS) is 17.5. The Balaban J connectivity index is 2.18. The van der Waals surface area contributed by atoms with Crippen LogP contribution in [0.2, 0.25) is 0 Å². The summed E-state index contributed by atoms with van der Waals surface area (Å²) >= 11 is 3.09. The van der Waals surface area contributed by atoms with Crippen LogP contribution in [-0.2, 0) is 11.2 Å². The number of halogens is 2. The third kappa shape index (κ3) is 2.04. The third-order valence-corrected chi connectivity index (χ3v) is 3.44. The SMILES string of the molecule is O=C(O)C1(Cc2ccc(F)c(Br)c2)CC1. The molecule has 0 heterocycles. The van der Waals surface area contributed by atoms with Crippen LogP contribution in [-0.4, -0.2) is 11.1 Å². The van der Waals surface area contributed by atoms with Gasteiger partial charge in [-0.1, -0.05) is 6.07 Å². The lowest BCUT2D eigenvalue weighted by molar-refractivity contribution is -0.143. The van der Waals surface area contributed by atoms with Gasteiger partial charge in [0.15, 0.2) is 0 Å². The summed E-state index contributed by atoms with van der Waals surface area (Å²) in [6, 6.07) is 4.65. The van der Waals surface area contributed by atoms with E-state index in [0.717, 1.165) is 18.4 Å². The average Bonchev–Trinajstić information content (AvgIpc) is 2.93. The maximum Gasteiger partial charge on any atom is 0.309 e. The molecule has 1 fully saturated rings. The van der Waals surface area contributed by atoms with Crippen LogP contribution < -0.4 is 0 Å². The molecule has 0 bridgehead atoms. The van der Waals surface area contributed by atoms with Crippen molar-refractivity contribution in [3.05, 3.63) is 34.1 Å². The van der Waals surface area contributed by atoms with Gasteiger partial charge in [0.25, 0.3) is 0 Å². The zero-order valence-electron chi connectivity index (χ0n) is 7.96. The lowest BCUT2D eigenvalue weighted by Gasteiger charge is -2.09. The highest BCUT2D eigenvalue weighted by Gasteiger charge is 2.49. The van der Waals surface area contributed by atoms with Gasteiger partial charge >= 0.3 is 5.97 Å². The minimum Gasteiger partial charge on any atom is -0.481 e. The summed E-state index contributed by atoms with van der Waals surface area (Å²) in [5.74, 6) is -1.07. The van der Waals surface area contributed by atoms with Crippen LogP contribution in [0.5, 0.6) is 0 Å². The van der Waals surface area contributed by atoms with Crippen LogP contribution in [0.4, 0.5) is 4.39 Å². The van der Waals surface area contributed by atoms with Crippen LogP contribution in [0, 0.1) is 11.2 Å². The number of benzene rings is 1. The Labute approximate surface area is 95.2 Å². The van der Waals surface area contributed by atoms with Crippen LogP contribution >= 0.6 is 15.9 Å². The fourth-order valence-corrected chi connectivity index (χ4v) is 2.08. The molecule has 0 unspecified atom stereocenters. The van der Waals surface area contributed by atoms with E-state index in [1.54, 1.807) is 12.1 Å². The van der Waals surface area contributed by atoms with Gasteiger partial charge in [0.1, 0.15) is 5.82 Å². The van der Waals surface area contributed by atoms with Gasteiger partial charge in [0, 0.05) is 0 Å². The van der Waals surface area contributed by atoms with Crippen molar-refractivity contribution in [2.24, 2.45) is 5.41 Å². The van der Waals surface area contributed by atoms with E-state index < -0.39 is 11.4 Å². The smallest absolute Gasteiger partial charge is 0.309 e. The Bertz CT molecular complexity index is 413. The molecule has 1 saturated carbocycles. The number of hydrogen-bond donors (Lipinski definition) is 1. The van der Waals surface area contributed by atoms with Crippen molar-refractivity contribution in [1.82, 2.24) is 0 Å². The average molecular weight is 273 g/mol. The van der Waals surface area contributed by atoms with Gasteiger partial charge in [0.05, 0.1) is 9.89 Å². The molecule has 1 aliphatic rings. The Hall–Kier alpha value is -0.900. The summed E-state index contributed by atoms with van der Waals surface area (Å²) in [6.45, 7) is 0. The monoisotopic (exact) mass is 272 g/mol. The van der Waals surface area contributed by atoms with Crippen molar-refractivity contribution in [2.75, 3.05) is 0 Å². The molecule has 0 aliphatic heterocycles.